The largest absolute Gasteiger partial charge is 0.384 e. The van der Waals surface area contributed by atoms with E-state index in [1.54, 1.807) is 0 Å². The Labute approximate surface area is 125 Å². The van der Waals surface area contributed by atoms with E-state index in [-0.39, 0.29) is 0 Å². The van der Waals surface area contributed by atoms with Gasteiger partial charge in [0.2, 0.25) is 0 Å². The number of hydrogen-bond donors (Lipinski definition) is 1. The second-order valence-electron chi connectivity index (χ2n) is 5.59. The van der Waals surface area contributed by atoms with Crippen LogP contribution in [0.3, 0.4) is 0 Å². The molecule has 3 heteroatoms. The van der Waals surface area contributed by atoms with Crippen LogP contribution < -0.4 is 5.32 Å². The summed E-state index contributed by atoms with van der Waals surface area (Å²) in [5.74, 6) is 0.676. The minimum atomic E-state index is 0.676. The third kappa shape index (κ3) is 3.22. The summed E-state index contributed by atoms with van der Waals surface area (Å²) in [6.45, 7) is 3.42. The third-order valence-electron chi connectivity index (χ3n) is 4.12. The smallest absolute Gasteiger partial charge is 0.0376 e. The van der Waals surface area contributed by atoms with Gasteiger partial charge in [-0.15, -0.1) is 11.3 Å². The Morgan fingerprint density at radius 1 is 1.20 bits per heavy atom. The van der Waals surface area contributed by atoms with Gasteiger partial charge in [0.05, 0.1) is 0 Å². The van der Waals surface area contributed by atoms with Gasteiger partial charge in [-0.25, -0.2) is 0 Å². The maximum Gasteiger partial charge on any atom is 0.0376 e. The van der Waals surface area contributed by atoms with Crippen LogP contribution in [-0.4, -0.2) is 31.6 Å². The van der Waals surface area contributed by atoms with Crippen molar-refractivity contribution >= 4 is 17.0 Å². The average Bonchev–Trinajstić information content (AvgIpc) is 3.12. The minimum Gasteiger partial charge on any atom is -0.384 e. The Bertz CT molecular complexity index is 536. The Hall–Kier alpha value is -1.32. The van der Waals surface area contributed by atoms with Gasteiger partial charge in [0, 0.05) is 29.6 Å². The molecule has 0 aliphatic carbocycles. The zero-order chi connectivity index (χ0) is 13.8. The molecule has 20 heavy (non-hydrogen) atoms. The molecule has 1 aliphatic rings. The van der Waals surface area contributed by atoms with Crippen LogP contribution in [0.15, 0.2) is 41.8 Å². The van der Waals surface area contributed by atoms with Crippen molar-refractivity contribution in [3.63, 3.8) is 0 Å². The van der Waals surface area contributed by atoms with Gasteiger partial charge in [-0.3, -0.25) is 0 Å². The number of benzene rings is 1. The second-order valence-corrected chi connectivity index (χ2v) is 6.62. The fourth-order valence-electron chi connectivity index (χ4n) is 2.86. The van der Waals surface area contributed by atoms with Crippen molar-refractivity contribution < 1.29 is 0 Å². The first kappa shape index (κ1) is 13.7. The van der Waals surface area contributed by atoms with E-state index in [0.717, 1.165) is 13.1 Å². The van der Waals surface area contributed by atoms with Crippen LogP contribution in [0.5, 0.6) is 0 Å². The first-order valence-electron chi connectivity index (χ1n) is 7.36. The van der Waals surface area contributed by atoms with Crippen LogP contribution in [0.25, 0.3) is 0 Å². The summed E-state index contributed by atoms with van der Waals surface area (Å²) in [6, 6.07) is 13.1. The molecule has 1 atom stereocenters. The predicted molar refractivity (Wildman–Crippen MR) is 87.8 cm³/mol. The summed E-state index contributed by atoms with van der Waals surface area (Å²) < 4.78 is 0. The molecule has 0 fully saturated rings. The topological polar surface area (TPSA) is 15.3 Å². The molecule has 1 aromatic carbocycles. The molecule has 0 spiro atoms. The van der Waals surface area contributed by atoms with Crippen molar-refractivity contribution in [3.05, 3.63) is 52.2 Å². The highest BCUT2D eigenvalue weighted by atomic mass is 32.1. The minimum absolute atomic E-state index is 0.676. The number of anilines is 1. The number of hydrogen-bond acceptors (Lipinski definition) is 3. The van der Waals surface area contributed by atoms with Crippen LogP contribution in [0.2, 0.25) is 0 Å². The Kier molecular flexibility index (Phi) is 4.38. The van der Waals surface area contributed by atoms with Crippen LogP contribution >= 0.6 is 11.3 Å². The number of fused-ring (bicyclic) bond motifs is 1. The summed E-state index contributed by atoms with van der Waals surface area (Å²) >= 11 is 1.86. The molecule has 0 saturated carbocycles. The predicted octanol–water partition coefficient (Wildman–Crippen LogP) is 3.82. The molecule has 3 rings (SSSR count). The zero-order valence-electron chi connectivity index (χ0n) is 12.0. The molecule has 0 saturated heterocycles. The van der Waals surface area contributed by atoms with Gasteiger partial charge in [0.15, 0.2) is 0 Å². The molecule has 2 nitrogen and oxygen atoms in total. The number of rotatable bonds is 6. The molecule has 0 amide bonds. The maximum atomic E-state index is 3.51. The van der Waals surface area contributed by atoms with E-state index < -0.39 is 0 Å². The lowest BCUT2D eigenvalue weighted by atomic mass is 9.98. The quantitative estimate of drug-likeness (QED) is 0.868. The molecular formula is C17H22N2S. The number of para-hydroxylation sites is 1. The van der Waals surface area contributed by atoms with Gasteiger partial charge in [0.25, 0.3) is 0 Å². The van der Waals surface area contributed by atoms with Crippen LogP contribution in [0, 0.1) is 0 Å². The van der Waals surface area contributed by atoms with E-state index in [4.69, 9.17) is 0 Å². The standard InChI is InChI=1S/C17H22N2S/c1-19(11-9-15-5-4-12-20-15)10-8-14-13-18-17-7-3-2-6-16(14)17/h2-7,12,14,18H,8-11,13H2,1H3. The van der Waals surface area contributed by atoms with Crippen LogP contribution in [0.4, 0.5) is 5.69 Å². The van der Waals surface area contributed by atoms with Crippen molar-refractivity contribution in [1.82, 2.24) is 4.90 Å². The lowest BCUT2D eigenvalue weighted by Gasteiger charge is -2.18. The molecule has 0 radical (unpaired) electrons. The average molecular weight is 286 g/mol. The molecular weight excluding hydrogens is 264 g/mol. The van der Waals surface area contributed by atoms with Crippen molar-refractivity contribution in [2.75, 3.05) is 32.0 Å². The van der Waals surface area contributed by atoms with Crippen LogP contribution in [0.1, 0.15) is 22.8 Å². The lowest BCUT2D eigenvalue weighted by Crippen LogP contribution is -2.24. The fraction of sp³-hybridized carbons (Fsp3) is 0.412. The molecule has 1 N–H and O–H groups in total. The SMILES string of the molecule is CN(CCc1cccs1)CCC1CNc2ccccc21. The second kappa shape index (κ2) is 6.42. The van der Waals surface area contributed by atoms with Crippen molar-refractivity contribution in [3.8, 4) is 0 Å². The lowest BCUT2D eigenvalue weighted by molar-refractivity contribution is 0.325. The van der Waals surface area contributed by atoms with Gasteiger partial charge < -0.3 is 10.2 Å². The maximum absolute atomic E-state index is 3.51. The van der Waals surface area contributed by atoms with E-state index in [1.807, 2.05) is 11.3 Å². The molecule has 1 unspecified atom stereocenters. The van der Waals surface area contributed by atoms with Crippen molar-refractivity contribution in [2.24, 2.45) is 0 Å². The fourth-order valence-corrected chi connectivity index (χ4v) is 3.56. The van der Waals surface area contributed by atoms with E-state index in [0.29, 0.717) is 5.92 Å². The highest BCUT2D eigenvalue weighted by molar-refractivity contribution is 7.09. The first-order chi connectivity index (χ1) is 9.83. The number of nitrogens with zero attached hydrogens (tertiary/aromatic N) is 1. The zero-order valence-corrected chi connectivity index (χ0v) is 12.8. The molecule has 106 valence electrons. The van der Waals surface area contributed by atoms with E-state index in [2.05, 4.69) is 59.0 Å². The van der Waals surface area contributed by atoms with E-state index >= 15 is 0 Å². The van der Waals surface area contributed by atoms with Crippen LogP contribution in [-0.2, 0) is 6.42 Å². The highest BCUT2D eigenvalue weighted by Gasteiger charge is 2.21. The number of thiophene rings is 1. The van der Waals surface area contributed by atoms with Gasteiger partial charge >= 0.3 is 0 Å². The summed E-state index contributed by atoms with van der Waals surface area (Å²) in [5.41, 5.74) is 2.83. The molecule has 2 heterocycles. The van der Waals surface area contributed by atoms with Gasteiger partial charge in [-0.2, -0.15) is 0 Å². The summed E-state index contributed by atoms with van der Waals surface area (Å²) in [6.07, 6.45) is 2.42. The highest BCUT2D eigenvalue weighted by Crippen LogP contribution is 2.33. The van der Waals surface area contributed by atoms with Crippen molar-refractivity contribution in [2.45, 2.75) is 18.8 Å². The molecule has 1 aliphatic heterocycles. The Morgan fingerprint density at radius 2 is 2.10 bits per heavy atom. The van der Waals surface area contributed by atoms with Gasteiger partial charge in [-0.05, 0) is 49.5 Å². The summed E-state index contributed by atoms with van der Waals surface area (Å²) in [7, 11) is 2.24. The third-order valence-corrected chi connectivity index (χ3v) is 5.06. The van der Waals surface area contributed by atoms with E-state index in [1.165, 1.54) is 35.5 Å². The van der Waals surface area contributed by atoms with Gasteiger partial charge in [-0.1, -0.05) is 24.3 Å². The number of likely N-dealkylation sites (N-methyl/N-ethyl adjacent to an activating group) is 1. The number of nitrogens with one attached hydrogen (secondary N) is 1. The monoisotopic (exact) mass is 286 g/mol. The Balaban J connectivity index is 1.45. The van der Waals surface area contributed by atoms with Gasteiger partial charge in [0.1, 0.15) is 0 Å². The summed E-state index contributed by atoms with van der Waals surface area (Å²) in [4.78, 5) is 3.95. The van der Waals surface area contributed by atoms with E-state index in [9.17, 15) is 0 Å². The summed E-state index contributed by atoms with van der Waals surface area (Å²) in [5, 5.41) is 5.67. The van der Waals surface area contributed by atoms with Crippen molar-refractivity contribution in [1.29, 1.82) is 0 Å². The molecule has 1 aromatic heterocycles. The molecule has 0 bridgehead atoms. The first-order valence-corrected chi connectivity index (χ1v) is 8.24. The molecule has 2 aromatic rings. The normalized spacial score (nSPS) is 17.2. The Morgan fingerprint density at radius 3 is 2.95 bits per heavy atom.